The van der Waals surface area contributed by atoms with Crippen molar-refractivity contribution in [3.05, 3.63) is 28.2 Å². The number of rotatable bonds is 4. The van der Waals surface area contributed by atoms with Gasteiger partial charge < -0.3 is 0 Å². The van der Waals surface area contributed by atoms with E-state index in [4.69, 9.17) is 23.2 Å². The SMILES string of the molecule is CC(=O)CC(C)S(=O)c1ccc(Cl)c(Cl)c1. The number of carbonyl (C=O) groups excluding carboxylic acids is 1. The summed E-state index contributed by atoms with van der Waals surface area (Å²) in [6, 6.07) is 4.86. The van der Waals surface area contributed by atoms with E-state index >= 15 is 0 Å². The summed E-state index contributed by atoms with van der Waals surface area (Å²) in [6.07, 6.45) is 0.298. The predicted octanol–water partition coefficient (Wildman–Crippen LogP) is 3.47. The third kappa shape index (κ3) is 3.58. The van der Waals surface area contributed by atoms with Gasteiger partial charge in [-0.15, -0.1) is 0 Å². The highest BCUT2D eigenvalue weighted by Crippen LogP contribution is 2.25. The first kappa shape index (κ1) is 13.7. The zero-order valence-corrected chi connectivity index (χ0v) is 11.3. The summed E-state index contributed by atoms with van der Waals surface area (Å²) in [4.78, 5) is 11.5. The topological polar surface area (TPSA) is 34.1 Å². The zero-order chi connectivity index (χ0) is 12.3. The Morgan fingerprint density at radius 3 is 2.50 bits per heavy atom. The molecular weight excluding hydrogens is 267 g/mol. The van der Waals surface area contributed by atoms with Crippen LogP contribution in [0.2, 0.25) is 10.0 Å². The number of ketones is 1. The average Bonchev–Trinajstić information content (AvgIpc) is 2.20. The standard InChI is InChI=1S/C11H12Cl2O2S/c1-7(14)5-8(2)16(15)9-3-4-10(12)11(13)6-9/h3-4,6,8H,5H2,1-2H3. The maximum Gasteiger partial charge on any atom is 0.131 e. The van der Waals surface area contributed by atoms with Crippen LogP contribution in [0.25, 0.3) is 0 Å². The first-order chi connectivity index (χ1) is 7.41. The Labute approximate surface area is 107 Å². The fraction of sp³-hybridized carbons (Fsp3) is 0.364. The Bertz CT molecular complexity index is 432. The first-order valence-corrected chi connectivity index (χ1v) is 6.73. The lowest BCUT2D eigenvalue weighted by atomic mass is 10.2. The Hall–Kier alpha value is -0.380. The maximum absolute atomic E-state index is 12.0. The summed E-state index contributed by atoms with van der Waals surface area (Å²) >= 11 is 11.6. The van der Waals surface area contributed by atoms with E-state index in [2.05, 4.69) is 0 Å². The van der Waals surface area contributed by atoms with Gasteiger partial charge in [-0.1, -0.05) is 30.1 Å². The molecule has 1 aromatic rings. The summed E-state index contributed by atoms with van der Waals surface area (Å²) in [5, 5.41) is 0.596. The number of hydrogen-bond donors (Lipinski definition) is 0. The predicted molar refractivity (Wildman–Crippen MR) is 67.6 cm³/mol. The lowest BCUT2D eigenvalue weighted by Crippen LogP contribution is -2.14. The van der Waals surface area contributed by atoms with Crippen LogP contribution in [0.1, 0.15) is 20.3 Å². The van der Waals surface area contributed by atoms with Gasteiger partial charge in [0.05, 0.1) is 20.8 Å². The number of Topliss-reactive ketones (excluding diaryl/α,β-unsaturated/α-hetero) is 1. The van der Waals surface area contributed by atoms with E-state index < -0.39 is 10.8 Å². The van der Waals surface area contributed by atoms with Gasteiger partial charge in [-0.05, 0) is 25.1 Å². The van der Waals surface area contributed by atoms with E-state index in [9.17, 15) is 9.00 Å². The normalized spacial score (nSPS) is 14.5. The average molecular weight is 279 g/mol. The molecule has 0 aliphatic carbocycles. The molecule has 0 spiro atoms. The van der Waals surface area contributed by atoms with Crippen molar-refractivity contribution in [1.82, 2.24) is 0 Å². The highest BCUT2D eigenvalue weighted by Gasteiger charge is 2.16. The van der Waals surface area contributed by atoms with Crippen molar-refractivity contribution in [3.8, 4) is 0 Å². The molecule has 0 amide bonds. The molecule has 0 bridgehead atoms. The Balaban J connectivity index is 2.88. The van der Waals surface area contributed by atoms with Gasteiger partial charge in [0.15, 0.2) is 0 Å². The van der Waals surface area contributed by atoms with Gasteiger partial charge >= 0.3 is 0 Å². The molecule has 2 unspecified atom stereocenters. The molecule has 88 valence electrons. The fourth-order valence-electron chi connectivity index (χ4n) is 1.31. The van der Waals surface area contributed by atoms with Crippen molar-refractivity contribution in [2.75, 3.05) is 0 Å². The van der Waals surface area contributed by atoms with Crippen molar-refractivity contribution in [1.29, 1.82) is 0 Å². The highest BCUT2D eigenvalue weighted by molar-refractivity contribution is 7.85. The first-order valence-electron chi connectivity index (χ1n) is 4.77. The molecule has 0 saturated heterocycles. The molecule has 1 rings (SSSR count). The van der Waals surface area contributed by atoms with Crippen molar-refractivity contribution in [2.24, 2.45) is 0 Å². The fourth-order valence-corrected chi connectivity index (χ4v) is 2.96. The van der Waals surface area contributed by atoms with Gasteiger partial charge in [-0.2, -0.15) is 0 Å². The molecule has 5 heteroatoms. The van der Waals surface area contributed by atoms with Crippen LogP contribution in [-0.4, -0.2) is 15.2 Å². The van der Waals surface area contributed by atoms with Gasteiger partial charge in [0.1, 0.15) is 5.78 Å². The number of hydrogen-bond acceptors (Lipinski definition) is 2. The van der Waals surface area contributed by atoms with Gasteiger partial charge in [-0.3, -0.25) is 9.00 Å². The van der Waals surface area contributed by atoms with Crippen molar-refractivity contribution in [2.45, 2.75) is 30.4 Å². The summed E-state index contributed by atoms with van der Waals surface area (Å²) in [6.45, 7) is 3.27. The van der Waals surface area contributed by atoms with Crippen LogP contribution in [0.15, 0.2) is 23.1 Å². The molecule has 0 aliphatic rings. The van der Waals surface area contributed by atoms with E-state index in [1.165, 1.54) is 6.92 Å². The van der Waals surface area contributed by atoms with Crippen LogP contribution < -0.4 is 0 Å². The van der Waals surface area contributed by atoms with E-state index in [0.717, 1.165) is 0 Å². The van der Waals surface area contributed by atoms with Crippen LogP contribution in [0, 0.1) is 0 Å². The van der Waals surface area contributed by atoms with Gasteiger partial charge in [0, 0.05) is 16.6 Å². The molecule has 0 aromatic heterocycles. The molecule has 0 N–H and O–H groups in total. The summed E-state index contributed by atoms with van der Waals surface area (Å²) in [7, 11) is -1.23. The molecule has 1 aromatic carbocycles. The second-order valence-corrected chi connectivity index (χ2v) is 6.28. The van der Waals surface area contributed by atoms with Gasteiger partial charge in [0.25, 0.3) is 0 Å². The molecule has 0 radical (unpaired) electrons. The van der Waals surface area contributed by atoms with Crippen molar-refractivity contribution >= 4 is 39.8 Å². The van der Waals surface area contributed by atoms with Crippen LogP contribution >= 0.6 is 23.2 Å². The molecule has 0 fully saturated rings. The minimum atomic E-state index is -1.23. The monoisotopic (exact) mass is 278 g/mol. The zero-order valence-electron chi connectivity index (χ0n) is 9.00. The van der Waals surface area contributed by atoms with Crippen molar-refractivity contribution < 1.29 is 9.00 Å². The third-order valence-electron chi connectivity index (χ3n) is 2.06. The van der Waals surface area contributed by atoms with Crippen LogP contribution in [0.3, 0.4) is 0 Å². The lowest BCUT2D eigenvalue weighted by molar-refractivity contribution is -0.116. The van der Waals surface area contributed by atoms with Gasteiger partial charge in [-0.25, -0.2) is 0 Å². The lowest BCUT2D eigenvalue weighted by Gasteiger charge is -2.10. The molecule has 0 aliphatic heterocycles. The van der Waals surface area contributed by atoms with E-state index in [1.807, 2.05) is 0 Å². The quantitative estimate of drug-likeness (QED) is 0.845. The Kier molecular flexibility index (Phi) is 4.96. The Morgan fingerprint density at radius 1 is 1.38 bits per heavy atom. The highest BCUT2D eigenvalue weighted by atomic mass is 35.5. The molecule has 2 atom stereocenters. The maximum atomic E-state index is 12.0. The van der Waals surface area contributed by atoms with Crippen LogP contribution in [0.5, 0.6) is 0 Å². The largest absolute Gasteiger partial charge is 0.300 e. The van der Waals surface area contributed by atoms with Gasteiger partial charge in [0.2, 0.25) is 0 Å². The molecular formula is C11H12Cl2O2S. The van der Waals surface area contributed by atoms with E-state index in [-0.39, 0.29) is 11.0 Å². The molecule has 0 heterocycles. The number of halogens is 2. The van der Waals surface area contributed by atoms with E-state index in [0.29, 0.717) is 21.4 Å². The second-order valence-electron chi connectivity index (χ2n) is 3.59. The van der Waals surface area contributed by atoms with Crippen molar-refractivity contribution in [3.63, 3.8) is 0 Å². The van der Waals surface area contributed by atoms with E-state index in [1.54, 1.807) is 25.1 Å². The third-order valence-corrected chi connectivity index (χ3v) is 4.42. The Morgan fingerprint density at radius 2 is 2.00 bits per heavy atom. The number of carbonyl (C=O) groups is 1. The van der Waals surface area contributed by atoms with Crippen LogP contribution in [-0.2, 0) is 15.6 Å². The summed E-state index contributed by atoms with van der Waals surface area (Å²) < 4.78 is 12.0. The van der Waals surface area contributed by atoms with Crippen LogP contribution in [0.4, 0.5) is 0 Å². The summed E-state index contributed by atoms with van der Waals surface area (Å²) in [5.74, 6) is 0.0286. The summed E-state index contributed by atoms with van der Waals surface area (Å²) in [5.41, 5.74) is 0. The molecule has 2 nitrogen and oxygen atoms in total. The molecule has 16 heavy (non-hydrogen) atoms. The minimum absolute atomic E-state index is 0.0286. The minimum Gasteiger partial charge on any atom is -0.300 e. The number of benzene rings is 1. The second kappa shape index (κ2) is 5.80. The smallest absolute Gasteiger partial charge is 0.131 e. The molecule has 0 saturated carbocycles.